The van der Waals surface area contributed by atoms with E-state index in [-0.39, 0.29) is 5.91 Å². The molecule has 0 radical (unpaired) electrons. The van der Waals surface area contributed by atoms with Crippen LogP contribution in [0, 0.1) is 13.8 Å². The highest BCUT2D eigenvalue weighted by molar-refractivity contribution is 6.11. The summed E-state index contributed by atoms with van der Waals surface area (Å²) < 4.78 is 5.93. The van der Waals surface area contributed by atoms with Gasteiger partial charge >= 0.3 is 0 Å². The van der Waals surface area contributed by atoms with Crippen LogP contribution in [-0.4, -0.2) is 29.1 Å². The molecule has 0 aliphatic carbocycles. The lowest BCUT2D eigenvalue weighted by Gasteiger charge is -2.24. The minimum absolute atomic E-state index is 0.327. The number of hydrogen-bond acceptors (Lipinski definition) is 3. The number of para-hydroxylation sites is 3. The number of aromatic amines is 1. The molecule has 2 heterocycles. The molecule has 5 heteroatoms. The van der Waals surface area contributed by atoms with Gasteiger partial charge in [-0.25, -0.2) is 0 Å². The Labute approximate surface area is 180 Å². The van der Waals surface area contributed by atoms with E-state index >= 15 is 0 Å². The Morgan fingerprint density at radius 3 is 2.52 bits per heavy atom. The van der Waals surface area contributed by atoms with E-state index in [0.29, 0.717) is 30.0 Å². The number of nitrogens with one attached hydrogen (secondary N) is 1. The lowest BCUT2D eigenvalue weighted by Crippen LogP contribution is -2.43. The first kappa shape index (κ1) is 19.4. The molecule has 1 atom stereocenters. The molecule has 0 fully saturated rings. The van der Waals surface area contributed by atoms with Crippen molar-refractivity contribution in [2.24, 2.45) is 0 Å². The largest absolute Gasteiger partial charge is 0.491 e. The number of amides is 1. The zero-order valence-corrected chi connectivity index (χ0v) is 17.6. The van der Waals surface area contributed by atoms with Crippen molar-refractivity contribution in [3.8, 4) is 5.75 Å². The topological polar surface area (TPSA) is 65.6 Å². The number of nitrogens with zero attached hydrogens (tertiary/aromatic N) is 1. The Morgan fingerprint density at radius 2 is 1.68 bits per heavy atom. The number of H-pyrrole nitrogens is 1. The molecule has 1 aliphatic rings. The predicted octanol–water partition coefficient (Wildman–Crippen LogP) is 4.45. The number of aromatic nitrogens is 1. The highest BCUT2D eigenvalue weighted by Gasteiger charge is 2.52. The van der Waals surface area contributed by atoms with Crippen LogP contribution in [0.1, 0.15) is 22.4 Å². The number of benzene rings is 3. The van der Waals surface area contributed by atoms with E-state index in [4.69, 9.17) is 4.74 Å². The Bertz CT molecular complexity index is 1290. The first-order valence-corrected chi connectivity index (χ1v) is 10.4. The monoisotopic (exact) mass is 412 g/mol. The third-order valence-corrected chi connectivity index (χ3v) is 6.06. The molecule has 3 aromatic carbocycles. The zero-order valence-electron chi connectivity index (χ0n) is 17.6. The molecule has 5 rings (SSSR count). The van der Waals surface area contributed by atoms with Gasteiger partial charge in [0.05, 0.1) is 12.2 Å². The number of rotatable bonds is 5. The molecule has 0 saturated heterocycles. The third kappa shape index (κ3) is 2.93. The molecule has 0 spiro atoms. The van der Waals surface area contributed by atoms with Crippen molar-refractivity contribution in [2.45, 2.75) is 19.4 Å². The van der Waals surface area contributed by atoms with Crippen molar-refractivity contribution < 1.29 is 14.6 Å². The molecule has 31 heavy (non-hydrogen) atoms. The number of anilines is 1. The normalized spacial score (nSPS) is 17.9. The van der Waals surface area contributed by atoms with Crippen LogP contribution >= 0.6 is 0 Å². The summed E-state index contributed by atoms with van der Waals surface area (Å²) in [6.45, 7) is 4.55. The van der Waals surface area contributed by atoms with Gasteiger partial charge in [-0.1, -0.05) is 54.6 Å². The van der Waals surface area contributed by atoms with Crippen molar-refractivity contribution in [1.29, 1.82) is 0 Å². The molecule has 4 aromatic rings. The number of carbonyl (C=O) groups excluding carboxylic acids is 1. The van der Waals surface area contributed by atoms with Gasteiger partial charge in [0.2, 0.25) is 0 Å². The minimum atomic E-state index is -1.75. The van der Waals surface area contributed by atoms with Gasteiger partial charge < -0.3 is 19.7 Å². The van der Waals surface area contributed by atoms with Crippen molar-refractivity contribution in [3.05, 3.63) is 95.2 Å². The van der Waals surface area contributed by atoms with Crippen LogP contribution in [0.25, 0.3) is 10.9 Å². The number of aliphatic hydroxyl groups is 1. The first-order chi connectivity index (χ1) is 15.0. The Hall–Kier alpha value is -3.57. The van der Waals surface area contributed by atoms with Crippen LogP contribution in [0.5, 0.6) is 5.75 Å². The van der Waals surface area contributed by atoms with E-state index in [0.717, 1.165) is 27.9 Å². The van der Waals surface area contributed by atoms with Crippen LogP contribution in [0.3, 0.4) is 0 Å². The number of carbonyl (C=O) groups is 1. The van der Waals surface area contributed by atoms with E-state index in [1.807, 2.05) is 86.6 Å². The fourth-order valence-electron chi connectivity index (χ4n) is 4.61. The van der Waals surface area contributed by atoms with Crippen molar-refractivity contribution in [1.82, 2.24) is 4.98 Å². The molecule has 156 valence electrons. The standard InChI is InChI=1S/C26H24N2O3/c1-17-9-3-8-14-23(17)31-16-15-28-22-13-7-5-11-20(22)26(30,25(28)29)24-18(2)27-21-12-6-4-10-19(21)24/h3-14,27,30H,15-16H2,1-2H3. The smallest absolute Gasteiger partial charge is 0.268 e. The number of aryl methyl sites for hydroxylation is 2. The summed E-state index contributed by atoms with van der Waals surface area (Å²) in [4.78, 5) is 18.6. The maximum absolute atomic E-state index is 13.7. The summed E-state index contributed by atoms with van der Waals surface area (Å²) in [5.41, 5.74) is 2.91. The molecule has 0 bridgehead atoms. The van der Waals surface area contributed by atoms with E-state index < -0.39 is 5.60 Å². The minimum Gasteiger partial charge on any atom is -0.491 e. The highest BCUT2D eigenvalue weighted by atomic mass is 16.5. The lowest BCUT2D eigenvalue weighted by molar-refractivity contribution is -0.132. The average Bonchev–Trinajstić information content (AvgIpc) is 3.22. The Kier molecular flexibility index (Phi) is 4.56. The summed E-state index contributed by atoms with van der Waals surface area (Å²) in [7, 11) is 0. The molecular formula is C26H24N2O3. The van der Waals surface area contributed by atoms with E-state index in [1.165, 1.54) is 0 Å². The first-order valence-electron chi connectivity index (χ1n) is 10.4. The highest BCUT2D eigenvalue weighted by Crippen LogP contribution is 2.47. The van der Waals surface area contributed by atoms with Crippen LogP contribution in [0.15, 0.2) is 72.8 Å². The van der Waals surface area contributed by atoms with E-state index in [2.05, 4.69) is 4.98 Å². The van der Waals surface area contributed by atoms with E-state index in [9.17, 15) is 9.90 Å². The summed E-state index contributed by atoms with van der Waals surface area (Å²) in [6.07, 6.45) is 0. The lowest BCUT2D eigenvalue weighted by atomic mass is 9.85. The van der Waals surface area contributed by atoms with Gasteiger partial charge in [-0.05, 0) is 37.6 Å². The molecular weight excluding hydrogens is 388 g/mol. The van der Waals surface area contributed by atoms with Gasteiger partial charge in [0.25, 0.3) is 5.91 Å². The predicted molar refractivity (Wildman–Crippen MR) is 122 cm³/mol. The number of fused-ring (bicyclic) bond motifs is 2. The fraction of sp³-hybridized carbons (Fsp3) is 0.192. The summed E-state index contributed by atoms with van der Waals surface area (Å²) >= 11 is 0. The molecule has 5 nitrogen and oxygen atoms in total. The maximum Gasteiger partial charge on any atom is 0.268 e. The summed E-state index contributed by atoms with van der Waals surface area (Å²) in [5.74, 6) is 0.445. The zero-order chi connectivity index (χ0) is 21.6. The van der Waals surface area contributed by atoms with Gasteiger partial charge in [0.15, 0.2) is 5.60 Å². The SMILES string of the molecule is Cc1ccccc1OCCN1C(=O)C(O)(c2c(C)[nH]c3ccccc23)c2ccccc21. The average molecular weight is 412 g/mol. The van der Waals surface area contributed by atoms with Crippen LogP contribution in [0.4, 0.5) is 5.69 Å². The van der Waals surface area contributed by atoms with Crippen molar-refractivity contribution >= 4 is 22.5 Å². The molecule has 1 unspecified atom stereocenters. The van der Waals surface area contributed by atoms with Gasteiger partial charge in [-0.2, -0.15) is 0 Å². The second-order valence-corrected chi connectivity index (χ2v) is 7.97. The second-order valence-electron chi connectivity index (χ2n) is 7.97. The molecule has 2 N–H and O–H groups in total. The second kappa shape index (κ2) is 7.29. The Balaban J connectivity index is 1.52. The molecule has 0 saturated carbocycles. The van der Waals surface area contributed by atoms with Gasteiger partial charge in [0.1, 0.15) is 12.4 Å². The van der Waals surface area contributed by atoms with E-state index in [1.54, 1.807) is 4.90 Å². The third-order valence-electron chi connectivity index (χ3n) is 6.06. The van der Waals surface area contributed by atoms with Crippen molar-refractivity contribution in [2.75, 3.05) is 18.1 Å². The summed E-state index contributed by atoms with van der Waals surface area (Å²) in [5, 5.41) is 12.8. The molecule has 1 aromatic heterocycles. The molecule has 1 amide bonds. The number of hydrogen-bond donors (Lipinski definition) is 2. The van der Waals surface area contributed by atoms with Gasteiger partial charge in [-0.3, -0.25) is 4.79 Å². The van der Waals surface area contributed by atoms with Crippen LogP contribution < -0.4 is 9.64 Å². The summed E-state index contributed by atoms with van der Waals surface area (Å²) in [6, 6.07) is 23.0. The number of ether oxygens (including phenoxy) is 1. The maximum atomic E-state index is 13.7. The van der Waals surface area contributed by atoms with Crippen LogP contribution in [0.2, 0.25) is 0 Å². The molecule has 1 aliphatic heterocycles. The van der Waals surface area contributed by atoms with Crippen molar-refractivity contribution in [3.63, 3.8) is 0 Å². The Morgan fingerprint density at radius 1 is 0.968 bits per heavy atom. The van der Waals surface area contributed by atoms with Gasteiger partial charge in [-0.15, -0.1) is 0 Å². The van der Waals surface area contributed by atoms with Crippen LogP contribution in [-0.2, 0) is 10.4 Å². The van der Waals surface area contributed by atoms with Gasteiger partial charge in [0, 0.05) is 27.7 Å². The fourth-order valence-corrected chi connectivity index (χ4v) is 4.61. The quantitative estimate of drug-likeness (QED) is 0.509.